The Balaban J connectivity index is 2.02. The first-order valence-electron chi connectivity index (χ1n) is 4.96. The van der Waals surface area contributed by atoms with E-state index in [0.717, 1.165) is 10.0 Å². The lowest BCUT2D eigenvalue weighted by Gasteiger charge is -2.04. The summed E-state index contributed by atoms with van der Waals surface area (Å²) in [5.41, 5.74) is 1.62. The van der Waals surface area contributed by atoms with E-state index in [1.807, 2.05) is 19.1 Å². The van der Waals surface area contributed by atoms with Crippen LogP contribution >= 0.6 is 15.9 Å². The zero-order valence-corrected chi connectivity index (χ0v) is 10.7. The van der Waals surface area contributed by atoms with Crippen LogP contribution in [0.1, 0.15) is 21.7 Å². The molecule has 0 fully saturated rings. The molecule has 0 unspecified atom stereocenters. The Morgan fingerprint density at radius 3 is 3.00 bits per heavy atom. The monoisotopic (exact) mass is 295 g/mol. The largest absolute Gasteiger partial charge is 0.345 e. The van der Waals surface area contributed by atoms with Crippen LogP contribution in [0.25, 0.3) is 0 Å². The van der Waals surface area contributed by atoms with Crippen molar-refractivity contribution in [1.82, 2.24) is 15.5 Å². The average Bonchev–Trinajstić information content (AvgIpc) is 2.82. The number of nitrogens with one attached hydrogen (secondary N) is 1. The molecule has 17 heavy (non-hydrogen) atoms. The Labute approximate surface area is 106 Å². The topological polar surface area (TPSA) is 68.0 Å². The van der Waals surface area contributed by atoms with Gasteiger partial charge in [-0.05, 0) is 30.7 Å². The quantitative estimate of drug-likeness (QED) is 0.941. The van der Waals surface area contributed by atoms with Crippen molar-refractivity contribution in [3.8, 4) is 0 Å². The molecule has 2 aromatic rings. The first-order valence-corrected chi connectivity index (χ1v) is 5.75. The first-order chi connectivity index (χ1) is 8.16. The van der Waals surface area contributed by atoms with Crippen molar-refractivity contribution in [1.29, 1.82) is 0 Å². The van der Waals surface area contributed by atoms with Crippen LogP contribution in [-0.4, -0.2) is 16.0 Å². The smallest absolute Gasteiger partial charge is 0.251 e. The summed E-state index contributed by atoms with van der Waals surface area (Å²) in [4.78, 5) is 15.6. The second kappa shape index (κ2) is 5.09. The summed E-state index contributed by atoms with van der Waals surface area (Å²) < 4.78 is 5.55. The second-order valence-electron chi connectivity index (χ2n) is 3.49. The minimum atomic E-state index is -0.162. The summed E-state index contributed by atoms with van der Waals surface area (Å²) in [6.45, 7) is 2.19. The van der Waals surface area contributed by atoms with Gasteiger partial charge in [-0.1, -0.05) is 21.1 Å². The fourth-order valence-corrected chi connectivity index (χ4v) is 1.56. The Morgan fingerprint density at radius 1 is 1.53 bits per heavy atom. The zero-order chi connectivity index (χ0) is 12.3. The SMILES string of the molecule is Cc1cc(C(=O)NCc2ncon2)ccc1Br. The number of carbonyl (C=O) groups is 1. The van der Waals surface area contributed by atoms with Gasteiger partial charge in [-0.25, -0.2) is 0 Å². The predicted octanol–water partition coefficient (Wildman–Crippen LogP) is 2.07. The lowest BCUT2D eigenvalue weighted by atomic mass is 10.1. The maximum Gasteiger partial charge on any atom is 0.251 e. The molecule has 6 heteroatoms. The molecule has 1 heterocycles. The van der Waals surface area contributed by atoms with Gasteiger partial charge in [0, 0.05) is 10.0 Å². The molecule has 0 aliphatic heterocycles. The molecule has 1 aromatic heterocycles. The van der Waals surface area contributed by atoms with Crippen LogP contribution in [-0.2, 0) is 6.54 Å². The molecule has 2 rings (SSSR count). The summed E-state index contributed by atoms with van der Waals surface area (Å²) in [5, 5.41) is 6.31. The van der Waals surface area contributed by atoms with E-state index in [1.165, 1.54) is 6.39 Å². The number of benzene rings is 1. The molecule has 0 saturated heterocycles. The second-order valence-corrected chi connectivity index (χ2v) is 4.35. The van der Waals surface area contributed by atoms with E-state index in [9.17, 15) is 4.79 Å². The van der Waals surface area contributed by atoms with Gasteiger partial charge in [0.1, 0.15) is 0 Å². The van der Waals surface area contributed by atoms with Crippen molar-refractivity contribution in [3.63, 3.8) is 0 Å². The molecule has 0 spiro atoms. The van der Waals surface area contributed by atoms with Gasteiger partial charge in [0.05, 0.1) is 6.54 Å². The number of carbonyl (C=O) groups excluding carboxylic acids is 1. The molecule has 88 valence electrons. The maximum atomic E-state index is 11.8. The van der Waals surface area contributed by atoms with Crippen molar-refractivity contribution in [2.45, 2.75) is 13.5 Å². The van der Waals surface area contributed by atoms with Crippen LogP contribution in [0.2, 0.25) is 0 Å². The number of nitrogens with zero attached hydrogens (tertiary/aromatic N) is 2. The van der Waals surface area contributed by atoms with Crippen molar-refractivity contribution in [2.24, 2.45) is 0 Å². The average molecular weight is 296 g/mol. The standard InChI is InChI=1S/C11H10BrN3O2/c1-7-4-8(2-3-9(7)12)11(16)13-5-10-14-6-17-15-10/h2-4,6H,5H2,1H3,(H,13,16). The summed E-state index contributed by atoms with van der Waals surface area (Å²) in [7, 11) is 0. The van der Waals surface area contributed by atoms with Gasteiger partial charge >= 0.3 is 0 Å². The molecular formula is C11H10BrN3O2. The zero-order valence-electron chi connectivity index (χ0n) is 9.11. The van der Waals surface area contributed by atoms with Gasteiger partial charge in [-0.3, -0.25) is 4.79 Å². The third-order valence-electron chi connectivity index (χ3n) is 2.23. The number of hydrogen-bond acceptors (Lipinski definition) is 4. The summed E-state index contributed by atoms with van der Waals surface area (Å²) >= 11 is 3.38. The van der Waals surface area contributed by atoms with Crippen LogP contribution in [0.15, 0.2) is 33.6 Å². The van der Waals surface area contributed by atoms with Crippen LogP contribution in [0.5, 0.6) is 0 Å². The lowest BCUT2D eigenvalue weighted by molar-refractivity contribution is 0.0949. The minimum Gasteiger partial charge on any atom is -0.345 e. The number of aromatic nitrogens is 2. The van der Waals surface area contributed by atoms with Crippen LogP contribution < -0.4 is 5.32 Å². The maximum absolute atomic E-state index is 11.8. The molecule has 0 atom stereocenters. The van der Waals surface area contributed by atoms with E-state index in [1.54, 1.807) is 6.07 Å². The molecule has 0 bridgehead atoms. The summed E-state index contributed by atoms with van der Waals surface area (Å²) in [5.74, 6) is 0.289. The van der Waals surface area contributed by atoms with E-state index in [2.05, 4.69) is 35.9 Å². The van der Waals surface area contributed by atoms with Gasteiger partial charge in [0.15, 0.2) is 5.82 Å². The highest BCUT2D eigenvalue weighted by molar-refractivity contribution is 9.10. The van der Waals surface area contributed by atoms with Crippen molar-refractivity contribution in [3.05, 3.63) is 46.0 Å². The minimum absolute atomic E-state index is 0.162. The van der Waals surface area contributed by atoms with Crippen molar-refractivity contribution >= 4 is 21.8 Å². The van der Waals surface area contributed by atoms with Crippen LogP contribution in [0.4, 0.5) is 0 Å². The molecule has 5 nitrogen and oxygen atoms in total. The van der Waals surface area contributed by atoms with Gasteiger partial charge in [-0.2, -0.15) is 4.98 Å². The van der Waals surface area contributed by atoms with E-state index < -0.39 is 0 Å². The van der Waals surface area contributed by atoms with Crippen LogP contribution in [0.3, 0.4) is 0 Å². The van der Waals surface area contributed by atoms with Gasteiger partial charge in [0.25, 0.3) is 5.91 Å². The summed E-state index contributed by atoms with van der Waals surface area (Å²) in [6.07, 6.45) is 1.23. The molecule has 1 amide bonds. The number of hydrogen-bond donors (Lipinski definition) is 1. The predicted molar refractivity (Wildman–Crippen MR) is 64.3 cm³/mol. The number of aryl methyl sites for hydroxylation is 1. The van der Waals surface area contributed by atoms with E-state index in [4.69, 9.17) is 0 Å². The number of halogens is 1. The molecule has 0 aliphatic carbocycles. The van der Waals surface area contributed by atoms with Crippen LogP contribution in [0, 0.1) is 6.92 Å². The highest BCUT2D eigenvalue weighted by atomic mass is 79.9. The summed E-state index contributed by atoms with van der Waals surface area (Å²) in [6, 6.07) is 5.41. The van der Waals surface area contributed by atoms with Gasteiger partial charge < -0.3 is 9.84 Å². The normalized spacial score (nSPS) is 10.2. The lowest BCUT2D eigenvalue weighted by Crippen LogP contribution is -2.23. The molecule has 1 aromatic carbocycles. The van der Waals surface area contributed by atoms with E-state index in [-0.39, 0.29) is 12.5 Å². The Bertz CT molecular complexity index is 526. The Morgan fingerprint density at radius 2 is 2.35 bits per heavy atom. The molecule has 0 radical (unpaired) electrons. The molecular weight excluding hydrogens is 286 g/mol. The Hall–Kier alpha value is -1.69. The van der Waals surface area contributed by atoms with Gasteiger partial charge in [-0.15, -0.1) is 0 Å². The van der Waals surface area contributed by atoms with Crippen molar-refractivity contribution < 1.29 is 9.32 Å². The fraction of sp³-hybridized carbons (Fsp3) is 0.182. The Kier molecular flexibility index (Phi) is 3.53. The fourth-order valence-electron chi connectivity index (χ4n) is 1.32. The highest BCUT2D eigenvalue weighted by Crippen LogP contribution is 2.16. The van der Waals surface area contributed by atoms with Crippen molar-refractivity contribution in [2.75, 3.05) is 0 Å². The molecule has 0 aliphatic rings. The molecule has 0 saturated carbocycles. The van der Waals surface area contributed by atoms with Gasteiger partial charge in [0.2, 0.25) is 6.39 Å². The molecule has 1 N–H and O–H groups in total. The highest BCUT2D eigenvalue weighted by Gasteiger charge is 2.07. The first kappa shape index (κ1) is 11.8. The van der Waals surface area contributed by atoms with E-state index in [0.29, 0.717) is 11.4 Å². The number of rotatable bonds is 3. The number of amides is 1. The van der Waals surface area contributed by atoms with E-state index >= 15 is 0 Å². The third kappa shape index (κ3) is 2.91. The third-order valence-corrected chi connectivity index (χ3v) is 3.12.